The van der Waals surface area contributed by atoms with Crippen molar-refractivity contribution >= 4 is 17.3 Å². The maximum absolute atomic E-state index is 12.2. The van der Waals surface area contributed by atoms with E-state index in [0.29, 0.717) is 13.1 Å². The fraction of sp³-hybridized carbons (Fsp3) is 0.533. The van der Waals surface area contributed by atoms with Crippen molar-refractivity contribution in [3.8, 4) is 0 Å². The molecule has 2 unspecified atom stereocenters. The van der Waals surface area contributed by atoms with Gasteiger partial charge in [0.1, 0.15) is 5.69 Å². The number of nitrogens with two attached hydrogens (primary N) is 1. The van der Waals surface area contributed by atoms with E-state index in [1.165, 1.54) is 12.1 Å². The molecule has 23 heavy (non-hydrogen) atoms. The number of nitro groups is 1. The maximum atomic E-state index is 12.2. The van der Waals surface area contributed by atoms with Crippen LogP contribution in [0.15, 0.2) is 24.3 Å². The Labute approximate surface area is 134 Å². The van der Waals surface area contributed by atoms with Gasteiger partial charge in [0.05, 0.1) is 17.6 Å². The Morgan fingerprint density at radius 1 is 1.52 bits per heavy atom. The van der Waals surface area contributed by atoms with E-state index in [4.69, 9.17) is 10.5 Å². The number of piperidine rings is 1. The average molecular weight is 322 g/mol. The molecule has 1 fully saturated rings. The molecule has 0 aliphatic carbocycles. The number of hydrogen-bond acceptors (Lipinski definition) is 6. The van der Waals surface area contributed by atoms with Gasteiger partial charge < -0.3 is 15.8 Å². The minimum Gasteiger partial charge on any atom is -0.381 e. The number of likely N-dealkylation sites (tertiary alicyclic amines) is 1. The number of methoxy groups -OCH3 is 1. The number of carbonyl (C=O) groups excluding carboxylic acids is 1. The van der Waals surface area contributed by atoms with Gasteiger partial charge in [-0.05, 0) is 18.9 Å². The van der Waals surface area contributed by atoms with Crippen LogP contribution in [0.5, 0.6) is 0 Å². The summed E-state index contributed by atoms with van der Waals surface area (Å²) in [4.78, 5) is 24.7. The first-order valence-electron chi connectivity index (χ1n) is 7.55. The van der Waals surface area contributed by atoms with Crippen molar-refractivity contribution in [2.45, 2.75) is 25.0 Å². The maximum Gasteiger partial charge on any atom is 0.292 e. The summed E-state index contributed by atoms with van der Waals surface area (Å²) in [6.07, 6.45) is 1.79. The highest BCUT2D eigenvalue weighted by Crippen LogP contribution is 2.24. The van der Waals surface area contributed by atoms with Gasteiger partial charge in [0.15, 0.2) is 0 Å². The Balaban J connectivity index is 1.98. The van der Waals surface area contributed by atoms with Crippen molar-refractivity contribution in [3.05, 3.63) is 34.4 Å². The largest absolute Gasteiger partial charge is 0.381 e. The average Bonchev–Trinajstić information content (AvgIpc) is 2.55. The fourth-order valence-electron chi connectivity index (χ4n) is 2.84. The highest BCUT2D eigenvalue weighted by Gasteiger charge is 2.29. The molecular weight excluding hydrogens is 300 g/mol. The lowest BCUT2D eigenvalue weighted by molar-refractivity contribution is -0.383. The molecule has 0 aromatic heterocycles. The van der Waals surface area contributed by atoms with E-state index in [-0.39, 0.29) is 36.0 Å². The number of hydrogen-bond donors (Lipinski definition) is 2. The van der Waals surface area contributed by atoms with E-state index in [0.717, 1.165) is 12.8 Å². The third-order valence-electron chi connectivity index (χ3n) is 4.12. The number of benzene rings is 1. The first-order valence-corrected chi connectivity index (χ1v) is 7.55. The third-order valence-corrected chi connectivity index (χ3v) is 4.12. The standard InChI is InChI=1S/C15H22N4O4/c1-23-12-6-7-18(11(8-12)9-16)10-15(20)17-13-4-2-3-5-14(13)19(21)22/h2-5,11-12H,6-10,16H2,1H3,(H,17,20). The summed E-state index contributed by atoms with van der Waals surface area (Å²) >= 11 is 0. The molecule has 1 saturated heterocycles. The molecule has 2 rings (SSSR count). The number of nitro benzene ring substituents is 1. The predicted molar refractivity (Wildman–Crippen MR) is 86.2 cm³/mol. The van der Waals surface area contributed by atoms with Gasteiger partial charge >= 0.3 is 0 Å². The number of carbonyl (C=O) groups is 1. The van der Waals surface area contributed by atoms with Crippen LogP contribution in [0.1, 0.15) is 12.8 Å². The molecule has 0 bridgehead atoms. The van der Waals surface area contributed by atoms with Crippen LogP contribution in [0.4, 0.5) is 11.4 Å². The molecule has 1 aromatic rings. The second-order valence-corrected chi connectivity index (χ2v) is 5.56. The predicted octanol–water partition coefficient (Wildman–Crippen LogP) is 0.971. The van der Waals surface area contributed by atoms with E-state index in [1.807, 2.05) is 4.90 Å². The quantitative estimate of drug-likeness (QED) is 0.596. The summed E-state index contributed by atoms with van der Waals surface area (Å²) in [5.74, 6) is -0.284. The monoisotopic (exact) mass is 322 g/mol. The second kappa shape index (κ2) is 8.00. The van der Waals surface area contributed by atoms with Crippen molar-refractivity contribution in [3.63, 3.8) is 0 Å². The van der Waals surface area contributed by atoms with Crippen LogP contribution in [0, 0.1) is 10.1 Å². The molecule has 8 heteroatoms. The molecule has 8 nitrogen and oxygen atoms in total. The molecule has 2 atom stereocenters. The van der Waals surface area contributed by atoms with Gasteiger partial charge in [0, 0.05) is 32.3 Å². The smallest absolute Gasteiger partial charge is 0.292 e. The summed E-state index contributed by atoms with van der Waals surface area (Å²) in [6.45, 7) is 1.31. The van der Waals surface area contributed by atoms with Crippen LogP contribution in [0.25, 0.3) is 0 Å². The number of nitrogens with zero attached hydrogens (tertiary/aromatic N) is 2. The molecule has 1 heterocycles. The van der Waals surface area contributed by atoms with Crippen molar-refractivity contribution in [1.29, 1.82) is 0 Å². The summed E-state index contributed by atoms with van der Waals surface area (Å²) in [5, 5.41) is 13.6. The van der Waals surface area contributed by atoms with Gasteiger partial charge in [-0.15, -0.1) is 0 Å². The first-order chi connectivity index (χ1) is 11.0. The Morgan fingerprint density at radius 3 is 2.91 bits per heavy atom. The van der Waals surface area contributed by atoms with Crippen molar-refractivity contribution in [1.82, 2.24) is 4.90 Å². The minimum absolute atomic E-state index is 0.0743. The lowest BCUT2D eigenvalue weighted by Crippen LogP contribution is -2.50. The Morgan fingerprint density at radius 2 is 2.26 bits per heavy atom. The van der Waals surface area contributed by atoms with Crippen LogP contribution >= 0.6 is 0 Å². The summed E-state index contributed by atoms with van der Waals surface area (Å²) in [6, 6.07) is 6.17. The third kappa shape index (κ3) is 4.47. The Bertz CT molecular complexity index is 566. The zero-order valence-electron chi connectivity index (χ0n) is 13.1. The van der Waals surface area contributed by atoms with E-state index in [9.17, 15) is 14.9 Å². The molecule has 1 aliphatic rings. The number of rotatable bonds is 6. The molecule has 1 aromatic carbocycles. The van der Waals surface area contributed by atoms with Gasteiger partial charge in [0.2, 0.25) is 5.91 Å². The Hall–Kier alpha value is -2.03. The molecule has 0 saturated carbocycles. The first kappa shape index (κ1) is 17.3. The number of amides is 1. The van der Waals surface area contributed by atoms with Crippen molar-refractivity contribution in [2.24, 2.45) is 5.73 Å². The SMILES string of the molecule is COC1CCN(CC(=O)Nc2ccccc2[N+](=O)[O-])C(CN)C1. The fourth-order valence-corrected chi connectivity index (χ4v) is 2.84. The topological polar surface area (TPSA) is 111 Å². The number of ether oxygens (including phenoxy) is 1. The van der Waals surface area contributed by atoms with E-state index in [2.05, 4.69) is 5.32 Å². The summed E-state index contributed by atoms with van der Waals surface area (Å²) in [5.41, 5.74) is 5.88. The lowest BCUT2D eigenvalue weighted by atomic mass is 9.99. The molecule has 0 radical (unpaired) electrons. The summed E-state index contributed by atoms with van der Waals surface area (Å²) < 4.78 is 5.36. The molecule has 1 amide bonds. The van der Waals surface area contributed by atoms with Crippen molar-refractivity contribution < 1.29 is 14.5 Å². The van der Waals surface area contributed by atoms with Crippen LogP contribution in [0.2, 0.25) is 0 Å². The molecule has 1 aliphatic heterocycles. The molecule has 3 N–H and O–H groups in total. The van der Waals surface area contributed by atoms with Gasteiger partial charge in [-0.2, -0.15) is 0 Å². The summed E-state index contributed by atoms with van der Waals surface area (Å²) in [7, 11) is 1.68. The Kier molecular flexibility index (Phi) is 6.03. The van der Waals surface area contributed by atoms with Crippen LogP contribution in [0.3, 0.4) is 0 Å². The molecule has 0 spiro atoms. The normalized spacial score (nSPS) is 21.8. The number of nitrogens with one attached hydrogen (secondary N) is 1. The van der Waals surface area contributed by atoms with E-state index < -0.39 is 4.92 Å². The second-order valence-electron chi connectivity index (χ2n) is 5.56. The van der Waals surface area contributed by atoms with E-state index >= 15 is 0 Å². The lowest BCUT2D eigenvalue weighted by Gasteiger charge is -2.37. The minimum atomic E-state index is -0.512. The number of anilines is 1. The molecule has 126 valence electrons. The highest BCUT2D eigenvalue weighted by molar-refractivity contribution is 5.94. The van der Waals surface area contributed by atoms with Gasteiger partial charge in [-0.3, -0.25) is 19.8 Å². The van der Waals surface area contributed by atoms with Gasteiger partial charge in [-0.1, -0.05) is 12.1 Å². The van der Waals surface area contributed by atoms with E-state index in [1.54, 1.807) is 19.2 Å². The van der Waals surface area contributed by atoms with Crippen LogP contribution < -0.4 is 11.1 Å². The molecular formula is C15H22N4O4. The van der Waals surface area contributed by atoms with Gasteiger partial charge in [-0.25, -0.2) is 0 Å². The zero-order chi connectivity index (χ0) is 16.8. The van der Waals surface area contributed by atoms with Crippen LogP contribution in [-0.2, 0) is 9.53 Å². The van der Waals surface area contributed by atoms with Gasteiger partial charge in [0.25, 0.3) is 5.69 Å². The highest BCUT2D eigenvalue weighted by atomic mass is 16.6. The zero-order valence-corrected chi connectivity index (χ0v) is 13.1. The van der Waals surface area contributed by atoms with Crippen molar-refractivity contribution in [2.75, 3.05) is 32.1 Å². The number of para-hydroxylation sites is 2. The van der Waals surface area contributed by atoms with Crippen LogP contribution in [-0.4, -0.2) is 54.6 Å².